The van der Waals surface area contributed by atoms with E-state index in [1.807, 2.05) is 76.6 Å². The van der Waals surface area contributed by atoms with Crippen LogP contribution in [0.3, 0.4) is 0 Å². The summed E-state index contributed by atoms with van der Waals surface area (Å²) in [6.45, 7) is 1.32. The highest BCUT2D eigenvalue weighted by Gasteiger charge is 2.21. The van der Waals surface area contributed by atoms with E-state index in [0.717, 1.165) is 33.6 Å². The van der Waals surface area contributed by atoms with Gasteiger partial charge in [0.25, 0.3) is 5.91 Å². The Bertz CT molecular complexity index is 1200. The number of hydrogen-bond donors (Lipinski definition) is 1. The van der Waals surface area contributed by atoms with E-state index in [-0.39, 0.29) is 5.91 Å². The van der Waals surface area contributed by atoms with Gasteiger partial charge in [0.2, 0.25) is 0 Å². The zero-order chi connectivity index (χ0) is 19.8. The Morgan fingerprint density at radius 1 is 1.00 bits per heavy atom. The van der Waals surface area contributed by atoms with E-state index in [0.29, 0.717) is 13.1 Å². The molecule has 2 aromatic carbocycles. The summed E-state index contributed by atoms with van der Waals surface area (Å²) in [5, 5.41) is 1.86. The van der Waals surface area contributed by atoms with Crippen LogP contribution in [-0.4, -0.2) is 33.4 Å². The minimum Gasteiger partial charge on any atom is -0.359 e. The molecule has 0 atom stereocenters. The Morgan fingerprint density at radius 3 is 2.52 bits per heavy atom. The Balaban J connectivity index is 1.33. The number of halogens is 1. The maximum Gasteiger partial charge on any atom is 0.254 e. The first-order valence-corrected chi connectivity index (χ1v) is 10.1. The van der Waals surface area contributed by atoms with Crippen molar-refractivity contribution < 1.29 is 4.79 Å². The van der Waals surface area contributed by atoms with E-state index in [4.69, 9.17) is 11.6 Å². The van der Waals surface area contributed by atoms with Gasteiger partial charge in [0.15, 0.2) is 0 Å². The minimum absolute atomic E-state index is 0.0707. The third kappa shape index (κ3) is 3.26. The highest BCUT2D eigenvalue weighted by atomic mass is 35.5. The number of amides is 1. The number of nitrogens with zero attached hydrogens (tertiary/aromatic N) is 2. The molecule has 5 rings (SSSR count). The molecule has 0 unspecified atom stereocenters. The lowest BCUT2D eigenvalue weighted by atomic mass is 9.98. The Labute approximate surface area is 174 Å². The van der Waals surface area contributed by atoms with Crippen molar-refractivity contribution in [2.75, 3.05) is 13.1 Å². The first-order valence-electron chi connectivity index (χ1n) is 9.68. The van der Waals surface area contributed by atoms with Crippen molar-refractivity contribution in [1.82, 2.24) is 14.5 Å². The van der Waals surface area contributed by atoms with E-state index >= 15 is 0 Å². The molecule has 1 amide bonds. The van der Waals surface area contributed by atoms with Crippen molar-refractivity contribution in [3.8, 4) is 5.69 Å². The number of para-hydroxylation sites is 1. The topological polar surface area (TPSA) is 41.0 Å². The molecule has 0 aliphatic carbocycles. The van der Waals surface area contributed by atoms with E-state index in [9.17, 15) is 4.79 Å². The number of carbonyl (C=O) groups is 1. The van der Waals surface area contributed by atoms with E-state index < -0.39 is 0 Å². The fourth-order valence-electron chi connectivity index (χ4n) is 3.95. The molecule has 4 nitrogen and oxygen atoms in total. The van der Waals surface area contributed by atoms with Crippen molar-refractivity contribution >= 4 is 34.0 Å². The number of aromatic amines is 1. The number of H-pyrrole nitrogens is 1. The summed E-state index contributed by atoms with van der Waals surface area (Å²) in [6, 6.07) is 17.7. The van der Waals surface area contributed by atoms with Crippen LogP contribution in [0.1, 0.15) is 22.3 Å². The minimum atomic E-state index is 0.0707. The summed E-state index contributed by atoms with van der Waals surface area (Å²) >= 11 is 6.28. The highest BCUT2D eigenvalue weighted by molar-refractivity contribution is 6.35. The lowest BCUT2D eigenvalue weighted by molar-refractivity contribution is 0.0773. The quantitative estimate of drug-likeness (QED) is 0.481. The van der Waals surface area contributed by atoms with Gasteiger partial charge in [0.1, 0.15) is 0 Å². The predicted octanol–water partition coefficient (Wildman–Crippen LogP) is 5.54. The summed E-state index contributed by atoms with van der Waals surface area (Å²) in [6.07, 6.45) is 8.98. The third-order valence-corrected chi connectivity index (χ3v) is 5.84. The van der Waals surface area contributed by atoms with Gasteiger partial charge in [-0.3, -0.25) is 4.79 Å². The second-order valence-electron chi connectivity index (χ2n) is 7.23. The molecule has 144 valence electrons. The summed E-state index contributed by atoms with van der Waals surface area (Å²) in [7, 11) is 0. The van der Waals surface area contributed by atoms with Crippen molar-refractivity contribution in [2.24, 2.45) is 0 Å². The van der Waals surface area contributed by atoms with Crippen LogP contribution in [0, 0.1) is 0 Å². The van der Waals surface area contributed by atoms with Crippen LogP contribution in [0.2, 0.25) is 5.02 Å². The van der Waals surface area contributed by atoms with Crippen LogP contribution in [0.25, 0.3) is 22.2 Å². The summed E-state index contributed by atoms with van der Waals surface area (Å²) in [5.41, 5.74) is 5.16. The van der Waals surface area contributed by atoms with Gasteiger partial charge in [0, 0.05) is 53.9 Å². The lowest BCUT2D eigenvalue weighted by Gasteiger charge is -2.26. The zero-order valence-corrected chi connectivity index (χ0v) is 16.6. The van der Waals surface area contributed by atoms with Crippen LogP contribution < -0.4 is 0 Å². The monoisotopic (exact) mass is 401 g/mol. The smallest absolute Gasteiger partial charge is 0.254 e. The Kier molecular flexibility index (Phi) is 4.49. The molecule has 4 aromatic rings. The number of carbonyl (C=O) groups excluding carboxylic acids is 1. The molecular weight excluding hydrogens is 382 g/mol. The number of nitrogens with one attached hydrogen (secondary N) is 1. The van der Waals surface area contributed by atoms with Crippen molar-refractivity contribution in [1.29, 1.82) is 0 Å². The molecule has 0 saturated heterocycles. The molecule has 2 aromatic heterocycles. The van der Waals surface area contributed by atoms with Crippen LogP contribution in [0.4, 0.5) is 0 Å². The van der Waals surface area contributed by atoms with Crippen molar-refractivity contribution in [3.05, 3.63) is 95.4 Å². The standard InChI is InChI=1S/C24H20ClN3O/c25-22-5-3-4-20-21(16-26-23(20)22)17-10-14-28(15-11-17)24(29)18-6-8-19(9-7-18)27-12-1-2-13-27/h1-10,12-13,16,26H,11,14-15H2. The van der Waals surface area contributed by atoms with Crippen LogP contribution in [0.15, 0.2) is 79.3 Å². The summed E-state index contributed by atoms with van der Waals surface area (Å²) in [5.74, 6) is 0.0707. The molecule has 0 saturated carbocycles. The molecule has 3 heterocycles. The molecule has 5 heteroatoms. The van der Waals surface area contributed by atoms with E-state index in [2.05, 4.69) is 17.1 Å². The second kappa shape index (κ2) is 7.30. The number of rotatable bonds is 3. The van der Waals surface area contributed by atoms with Gasteiger partial charge in [-0.1, -0.05) is 29.8 Å². The van der Waals surface area contributed by atoms with Crippen molar-refractivity contribution in [2.45, 2.75) is 6.42 Å². The molecule has 1 aliphatic heterocycles. The lowest BCUT2D eigenvalue weighted by Crippen LogP contribution is -2.34. The first kappa shape index (κ1) is 17.8. The van der Waals surface area contributed by atoms with Crippen LogP contribution >= 0.6 is 11.6 Å². The molecule has 0 bridgehead atoms. The van der Waals surface area contributed by atoms with E-state index in [1.54, 1.807) is 0 Å². The normalized spacial score (nSPS) is 14.2. The van der Waals surface area contributed by atoms with Gasteiger partial charge in [-0.05, 0) is 54.5 Å². The fraction of sp³-hybridized carbons (Fsp3) is 0.125. The van der Waals surface area contributed by atoms with Crippen LogP contribution in [-0.2, 0) is 0 Å². The zero-order valence-electron chi connectivity index (χ0n) is 15.8. The average Bonchev–Trinajstić information content (AvgIpc) is 3.45. The largest absolute Gasteiger partial charge is 0.359 e. The Morgan fingerprint density at radius 2 is 1.79 bits per heavy atom. The highest BCUT2D eigenvalue weighted by Crippen LogP contribution is 2.32. The van der Waals surface area contributed by atoms with Gasteiger partial charge < -0.3 is 14.5 Å². The molecular formula is C24H20ClN3O. The molecule has 1 aliphatic rings. The molecule has 0 fully saturated rings. The number of hydrogen-bond acceptors (Lipinski definition) is 1. The van der Waals surface area contributed by atoms with Gasteiger partial charge >= 0.3 is 0 Å². The summed E-state index contributed by atoms with van der Waals surface area (Å²) < 4.78 is 2.03. The van der Waals surface area contributed by atoms with E-state index in [1.165, 1.54) is 11.1 Å². The predicted molar refractivity (Wildman–Crippen MR) is 118 cm³/mol. The molecule has 0 radical (unpaired) electrons. The van der Waals surface area contributed by atoms with Gasteiger partial charge in [-0.25, -0.2) is 0 Å². The summed E-state index contributed by atoms with van der Waals surface area (Å²) in [4.78, 5) is 18.1. The number of fused-ring (bicyclic) bond motifs is 1. The third-order valence-electron chi connectivity index (χ3n) is 5.52. The fourth-order valence-corrected chi connectivity index (χ4v) is 4.18. The molecule has 29 heavy (non-hydrogen) atoms. The second-order valence-corrected chi connectivity index (χ2v) is 7.64. The van der Waals surface area contributed by atoms with Crippen molar-refractivity contribution in [3.63, 3.8) is 0 Å². The Hall–Kier alpha value is -3.24. The first-order chi connectivity index (χ1) is 14.2. The molecule has 0 spiro atoms. The average molecular weight is 402 g/mol. The maximum atomic E-state index is 12.9. The molecule has 1 N–H and O–H groups in total. The van der Waals surface area contributed by atoms with Gasteiger partial charge in [-0.2, -0.15) is 0 Å². The maximum absolute atomic E-state index is 12.9. The number of aromatic nitrogens is 2. The number of benzene rings is 2. The van der Waals surface area contributed by atoms with Gasteiger partial charge in [-0.15, -0.1) is 0 Å². The van der Waals surface area contributed by atoms with Gasteiger partial charge in [0.05, 0.1) is 10.5 Å². The SMILES string of the molecule is O=C(c1ccc(-n2cccc2)cc1)N1CC=C(c2c[nH]c3c(Cl)cccc23)CC1. The van der Waals surface area contributed by atoms with Crippen LogP contribution in [0.5, 0.6) is 0 Å².